The minimum Gasteiger partial charge on any atom is -0.495 e. The predicted molar refractivity (Wildman–Crippen MR) is 124 cm³/mol. The van der Waals surface area contributed by atoms with Gasteiger partial charge < -0.3 is 14.7 Å². The molecule has 0 aliphatic heterocycles. The first kappa shape index (κ1) is 23.4. The van der Waals surface area contributed by atoms with Crippen LogP contribution >= 0.6 is 23.2 Å². The van der Waals surface area contributed by atoms with Crippen LogP contribution in [0.15, 0.2) is 48.5 Å². The smallest absolute Gasteiger partial charge is 0.304 e. The second-order valence-electron chi connectivity index (χ2n) is 7.32. The zero-order chi connectivity index (χ0) is 23.4. The first-order valence-electron chi connectivity index (χ1n) is 9.68. The lowest BCUT2D eigenvalue weighted by molar-refractivity contribution is -0.137. The highest BCUT2D eigenvalue weighted by atomic mass is 35.5. The van der Waals surface area contributed by atoms with Crippen LogP contribution in [0, 0.1) is 11.3 Å². The monoisotopic (exact) mass is 470 g/mol. The maximum Gasteiger partial charge on any atom is 0.304 e. The summed E-state index contributed by atoms with van der Waals surface area (Å²) in [6, 6.07) is 15.9. The number of nitriles is 1. The minimum atomic E-state index is -1.00. The minimum absolute atomic E-state index is 0.108. The molecule has 0 spiro atoms. The van der Waals surface area contributed by atoms with Gasteiger partial charge in [0.2, 0.25) is 0 Å². The van der Waals surface area contributed by atoms with Crippen LogP contribution < -0.4 is 4.74 Å². The zero-order valence-corrected chi connectivity index (χ0v) is 18.9. The average molecular weight is 471 g/mol. The fourth-order valence-electron chi connectivity index (χ4n) is 3.71. The van der Waals surface area contributed by atoms with Gasteiger partial charge in [-0.2, -0.15) is 5.26 Å². The second-order valence-corrected chi connectivity index (χ2v) is 8.13. The molecule has 32 heavy (non-hydrogen) atoms. The molecule has 3 aromatic carbocycles. The number of methoxy groups -OCH3 is 1. The van der Waals surface area contributed by atoms with Crippen LogP contribution in [0.3, 0.4) is 0 Å². The third kappa shape index (κ3) is 4.80. The van der Waals surface area contributed by atoms with Gasteiger partial charge in [-0.15, -0.1) is 0 Å². The van der Waals surface area contributed by atoms with Crippen molar-refractivity contribution in [3.8, 4) is 11.8 Å². The predicted octanol–water partition coefficient (Wildman–Crippen LogP) is 5.36. The number of rotatable bonds is 7. The van der Waals surface area contributed by atoms with Crippen molar-refractivity contribution in [3.05, 3.63) is 75.3 Å². The Balaban J connectivity index is 2.03. The number of fused-ring (bicyclic) bond motifs is 1. The quantitative estimate of drug-likeness (QED) is 0.501. The number of carboxylic acids is 1. The zero-order valence-electron chi connectivity index (χ0n) is 17.4. The second kappa shape index (κ2) is 9.90. The lowest BCUT2D eigenvalue weighted by Crippen LogP contribution is -2.32. The Morgan fingerprint density at radius 2 is 1.88 bits per heavy atom. The molecule has 0 saturated heterocycles. The number of carboxylic acid groups (broad SMARTS) is 1. The van der Waals surface area contributed by atoms with Crippen molar-refractivity contribution in [3.63, 3.8) is 0 Å². The first-order valence-corrected chi connectivity index (χ1v) is 10.4. The van der Waals surface area contributed by atoms with Gasteiger partial charge in [-0.3, -0.25) is 9.59 Å². The number of benzene rings is 3. The molecule has 1 atom stereocenters. The molecule has 8 heteroatoms. The maximum absolute atomic E-state index is 13.5. The molecule has 1 N–H and O–H groups in total. The van der Waals surface area contributed by atoms with Gasteiger partial charge in [-0.1, -0.05) is 53.5 Å². The van der Waals surface area contributed by atoms with Crippen LogP contribution in [0.2, 0.25) is 10.0 Å². The fraction of sp³-hybridized carbons (Fsp3) is 0.208. The van der Waals surface area contributed by atoms with Crippen molar-refractivity contribution in [1.82, 2.24) is 4.90 Å². The standard InChI is InChI=1S/C24H20Cl2N2O4/c1-28(13-17(11-21(29)30)14-7-8-19(25)20(26)10-14)24(31)22-18-6-4-3-5-15(18)9-16(12-27)23(22)32-2/h3-10,17H,11,13H2,1-2H3,(H,29,30)/t17-/m1/s1. The summed E-state index contributed by atoms with van der Waals surface area (Å²) >= 11 is 12.1. The molecule has 0 aromatic heterocycles. The number of hydrogen-bond acceptors (Lipinski definition) is 4. The number of hydrogen-bond donors (Lipinski definition) is 1. The number of carbonyl (C=O) groups excluding carboxylic acids is 1. The molecule has 0 aliphatic carbocycles. The Morgan fingerprint density at radius 1 is 1.16 bits per heavy atom. The van der Waals surface area contributed by atoms with Crippen molar-refractivity contribution in [1.29, 1.82) is 5.26 Å². The molecule has 0 radical (unpaired) electrons. The molecular formula is C24H20Cl2N2O4. The van der Waals surface area contributed by atoms with E-state index < -0.39 is 11.9 Å². The van der Waals surface area contributed by atoms with E-state index in [9.17, 15) is 20.0 Å². The van der Waals surface area contributed by atoms with E-state index in [0.717, 1.165) is 5.39 Å². The lowest BCUT2D eigenvalue weighted by Gasteiger charge is -2.25. The topological polar surface area (TPSA) is 90.6 Å². The van der Waals surface area contributed by atoms with Gasteiger partial charge in [0, 0.05) is 19.5 Å². The molecule has 3 rings (SSSR count). The third-order valence-corrected chi connectivity index (χ3v) is 5.96. The van der Waals surface area contributed by atoms with Crippen LogP contribution in [0.1, 0.15) is 33.8 Å². The number of ether oxygens (including phenoxy) is 1. The van der Waals surface area contributed by atoms with Gasteiger partial charge in [-0.25, -0.2) is 0 Å². The van der Waals surface area contributed by atoms with Crippen LogP contribution in [0.4, 0.5) is 0 Å². The van der Waals surface area contributed by atoms with E-state index in [1.807, 2.05) is 12.1 Å². The summed E-state index contributed by atoms with van der Waals surface area (Å²) < 4.78 is 5.43. The van der Waals surface area contributed by atoms with Crippen LogP contribution in [0.5, 0.6) is 5.75 Å². The lowest BCUT2D eigenvalue weighted by atomic mass is 9.94. The van der Waals surface area contributed by atoms with E-state index >= 15 is 0 Å². The highest BCUT2D eigenvalue weighted by Gasteiger charge is 2.26. The summed E-state index contributed by atoms with van der Waals surface area (Å²) in [6.45, 7) is 0.108. The van der Waals surface area contributed by atoms with Gasteiger partial charge in [0.25, 0.3) is 5.91 Å². The average Bonchev–Trinajstić information content (AvgIpc) is 2.78. The molecular weight excluding hydrogens is 451 g/mol. The van der Waals surface area contributed by atoms with Crippen LogP contribution in [-0.2, 0) is 4.79 Å². The SMILES string of the molecule is COc1c(C#N)cc2ccccc2c1C(=O)N(C)C[C@@H](CC(=O)O)c1ccc(Cl)c(Cl)c1. The number of carbonyl (C=O) groups is 2. The Kier molecular flexibility index (Phi) is 7.24. The van der Waals surface area contributed by atoms with E-state index in [-0.39, 0.29) is 35.7 Å². The molecule has 0 saturated carbocycles. The summed E-state index contributed by atoms with van der Waals surface area (Å²) in [5, 5.41) is 21.0. The summed E-state index contributed by atoms with van der Waals surface area (Å²) in [7, 11) is 2.99. The normalized spacial score (nSPS) is 11.6. The first-order chi connectivity index (χ1) is 15.3. The molecule has 0 aliphatic rings. The van der Waals surface area contributed by atoms with Crippen molar-refractivity contribution in [2.45, 2.75) is 12.3 Å². The Morgan fingerprint density at radius 3 is 2.50 bits per heavy atom. The highest BCUT2D eigenvalue weighted by Crippen LogP contribution is 2.34. The van der Waals surface area contributed by atoms with Crippen molar-refractivity contribution < 1.29 is 19.4 Å². The molecule has 0 fully saturated rings. The van der Waals surface area contributed by atoms with Crippen molar-refractivity contribution >= 4 is 45.9 Å². The number of halogens is 2. The summed E-state index contributed by atoms with van der Waals surface area (Å²) in [4.78, 5) is 26.5. The van der Waals surface area contributed by atoms with Gasteiger partial charge in [0.1, 0.15) is 11.8 Å². The van der Waals surface area contributed by atoms with Crippen molar-refractivity contribution in [2.75, 3.05) is 20.7 Å². The molecule has 164 valence electrons. The van der Waals surface area contributed by atoms with E-state index in [4.69, 9.17) is 27.9 Å². The summed E-state index contributed by atoms with van der Waals surface area (Å²) in [5.74, 6) is -1.72. The Bertz CT molecular complexity index is 1240. The molecule has 6 nitrogen and oxygen atoms in total. The van der Waals surface area contributed by atoms with E-state index in [2.05, 4.69) is 6.07 Å². The number of amides is 1. The summed E-state index contributed by atoms with van der Waals surface area (Å²) in [5.41, 5.74) is 1.16. The van der Waals surface area contributed by atoms with Crippen molar-refractivity contribution in [2.24, 2.45) is 0 Å². The number of likely N-dealkylation sites (N-methyl/N-ethyl adjacent to an activating group) is 1. The van der Waals surface area contributed by atoms with Gasteiger partial charge in [0.15, 0.2) is 0 Å². The molecule has 3 aromatic rings. The van der Waals surface area contributed by atoms with E-state index in [1.54, 1.807) is 43.4 Å². The van der Waals surface area contributed by atoms with Crippen LogP contribution in [-0.4, -0.2) is 42.6 Å². The molecule has 0 heterocycles. The third-order valence-electron chi connectivity index (χ3n) is 5.22. The van der Waals surface area contributed by atoms with E-state index in [0.29, 0.717) is 21.0 Å². The Labute approximate surface area is 195 Å². The maximum atomic E-state index is 13.5. The Hall–Kier alpha value is -3.27. The van der Waals surface area contributed by atoms with E-state index in [1.165, 1.54) is 12.0 Å². The fourth-order valence-corrected chi connectivity index (χ4v) is 4.01. The molecule has 0 bridgehead atoms. The molecule has 1 amide bonds. The summed E-state index contributed by atoms with van der Waals surface area (Å²) in [6.07, 6.45) is -0.203. The number of nitrogens with zero attached hydrogens (tertiary/aromatic N) is 2. The van der Waals surface area contributed by atoms with Crippen LogP contribution in [0.25, 0.3) is 10.8 Å². The number of aliphatic carboxylic acids is 1. The van der Waals surface area contributed by atoms with Gasteiger partial charge >= 0.3 is 5.97 Å². The largest absolute Gasteiger partial charge is 0.495 e. The molecule has 0 unspecified atom stereocenters. The van der Waals surface area contributed by atoms with Gasteiger partial charge in [-0.05, 0) is 34.5 Å². The highest BCUT2D eigenvalue weighted by molar-refractivity contribution is 6.42. The van der Waals surface area contributed by atoms with Gasteiger partial charge in [0.05, 0.1) is 34.7 Å².